The van der Waals surface area contributed by atoms with Crippen LogP contribution in [0, 0.1) is 5.41 Å². The second-order valence-corrected chi connectivity index (χ2v) is 3.76. The second-order valence-electron chi connectivity index (χ2n) is 3.76. The van der Waals surface area contributed by atoms with Gasteiger partial charge in [0.2, 0.25) is 0 Å². The molecule has 2 N–H and O–H groups in total. The highest BCUT2D eigenvalue weighted by Gasteiger charge is 2.35. The van der Waals surface area contributed by atoms with Crippen LogP contribution in [-0.2, 0) is 9.59 Å². The first kappa shape index (κ1) is 10.5. The summed E-state index contributed by atoms with van der Waals surface area (Å²) in [7, 11) is 0. The number of carboxylic acid groups (broad SMARTS) is 2. The minimum absolute atomic E-state index is 0.0367. The quantitative estimate of drug-likeness (QED) is 0.700. The lowest BCUT2D eigenvalue weighted by atomic mass is 9.78. The summed E-state index contributed by atoms with van der Waals surface area (Å²) >= 11 is 0. The lowest BCUT2D eigenvalue weighted by molar-refractivity contribution is -0.145. The second kappa shape index (κ2) is 3.29. The molecule has 0 aromatic rings. The minimum atomic E-state index is -1.09. The number of carboxylic acids is 2. The van der Waals surface area contributed by atoms with E-state index in [4.69, 9.17) is 10.2 Å². The van der Waals surface area contributed by atoms with Crippen LogP contribution < -0.4 is 0 Å². The van der Waals surface area contributed by atoms with Gasteiger partial charge in [0, 0.05) is 5.57 Å². The first-order chi connectivity index (χ1) is 6.35. The summed E-state index contributed by atoms with van der Waals surface area (Å²) in [6, 6.07) is 0. The molecule has 0 aromatic carbocycles. The van der Waals surface area contributed by atoms with Gasteiger partial charge in [-0.3, -0.25) is 4.79 Å². The summed E-state index contributed by atoms with van der Waals surface area (Å²) < 4.78 is 0. The number of carbonyl (C=O) groups is 2. The van der Waals surface area contributed by atoms with Crippen LogP contribution in [0.4, 0.5) is 0 Å². The molecule has 0 fully saturated rings. The van der Waals surface area contributed by atoms with E-state index in [0.29, 0.717) is 5.57 Å². The SMILES string of the molecule is CC1=CC(C)(C(=O)O)CC(C(=O)O)=C1. The van der Waals surface area contributed by atoms with E-state index in [1.165, 1.54) is 13.0 Å². The van der Waals surface area contributed by atoms with Crippen LogP contribution in [-0.4, -0.2) is 22.2 Å². The molecule has 76 valence electrons. The average molecular weight is 196 g/mol. The van der Waals surface area contributed by atoms with Gasteiger partial charge in [0.1, 0.15) is 0 Å². The summed E-state index contributed by atoms with van der Waals surface area (Å²) in [5.74, 6) is -2.05. The third-order valence-electron chi connectivity index (χ3n) is 2.27. The summed E-state index contributed by atoms with van der Waals surface area (Å²) in [5.41, 5.74) is -0.263. The topological polar surface area (TPSA) is 74.6 Å². The molecule has 0 radical (unpaired) electrons. The Labute approximate surface area is 81.6 Å². The fourth-order valence-corrected chi connectivity index (χ4v) is 1.59. The highest BCUT2D eigenvalue weighted by Crippen LogP contribution is 2.34. The number of aliphatic carboxylic acids is 2. The Balaban J connectivity index is 3.08. The van der Waals surface area contributed by atoms with E-state index < -0.39 is 17.4 Å². The lowest BCUT2D eigenvalue weighted by Gasteiger charge is -2.25. The Morgan fingerprint density at radius 2 is 2.00 bits per heavy atom. The molecule has 0 saturated carbocycles. The number of rotatable bonds is 2. The van der Waals surface area contributed by atoms with Crippen LogP contribution in [0.25, 0.3) is 0 Å². The molecule has 4 nitrogen and oxygen atoms in total. The third kappa shape index (κ3) is 1.84. The Morgan fingerprint density at radius 1 is 1.43 bits per heavy atom. The van der Waals surface area contributed by atoms with E-state index in [1.807, 2.05) is 0 Å². The fourth-order valence-electron chi connectivity index (χ4n) is 1.59. The van der Waals surface area contributed by atoms with Gasteiger partial charge in [0.25, 0.3) is 0 Å². The summed E-state index contributed by atoms with van der Waals surface area (Å²) in [5, 5.41) is 17.7. The number of allylic oxidation sites excluding steroid dienone is 2. The Hall–Kier alpha value is -1.58. The molecule has 0 aromatic heterocycles. The maximum atomic E-state index is 10.9. The van der Waals surface area contributed by atoms with Crippen molar-refractivity contribution >= 4 is 11.9 Å². The van der Waals surface area contributed by atoms with Crippen LogP contribution in [0.3, 0.4) is 0 Å². The molecule has 0 amide bonds. The van der Waals surface area contributed by atoms with E-state index in [1.54, 1.807) is 13.0 Å². The number of hydrogen-bond acceptors (Lipinski definition) is 2. The van der Waals surface area contributed by atoms with E-state index in [2.05, 4.69) is 0 Å². The largest absolute Gasteiger partial charge is 0.481 e. The molecular formula is C10H12O4. The van der Waals surface area contributed by atoms with Gasteiger partial charge in [0.05, 0.1) is 5.41 Å². The van der Waals surface area contributed by atoms with Crippen molar-refractivity contribution in [3.63, 3.8) is 0 Å². The minimum Gasteiger partial charge on any atom is -0.481 e. The zero-order valence-corrected chi connectivity index (χ0v) is 8.07. The zero-order chi connectivity index (χ0) is 10.9. The van der Waals surface area contributed by atoms with E-state index in [9.17, 15) is 9.59 Å². The molecule has 0 heterocycles. The van der Waals surface area contributed by atoms with Crippen molar-refractivity contribution in [1.82, 2.24) is 0 Å². The Bertz CT molecular complexity index is 351. The van der Waals surface area contributed by atoms with E-state index in [0.717, 1.165) is 0 Å². The molecule has 0 saturated heterocycles. The van der Waals surface area contributed by atoms with E-state index in [-0.39, 0.29) is 12.0 Å². The first-order valence-corrected chi connectivity index (χ1v) is 4.22. The summed E-state index contributed by atoms with van der Waals surface area (Å²) in [4.78, 5) is 21.6. The van der Waals surface area contributed by atoms with Crippen molar-refractivity contribution in [2.45, 2.75) is 20.3 Å². The Kier molecular flexibility index (Phi) is 2.47. The van der Waals surface area contributed by atoms with Gasteiger partial charge in [0.15, 0.2) is 0 Å². The molecule has 1 aliphatic rings. The van der Waals surface area contributed by atoms with Gasteiger partial charge >= 0.3 is 11.9 Å². The first-order valence-electron chi connectivity index (χ1n) is 4.22. The van der Waals surface area contributed by atoms with E-state index >= 15 is 0 Å². The molecule has 0 aliphatic heterocycles. The van der Waals surface area contributed by atoms with Crippen LogP contribution in [0.2, 0.25) is 0 Å². The van der Waals surface area contributed by atoms with Gasteiger partial charge < -0.3 is 10.2 Å². The maximum absolute atomic E-state index is 10.9. The molecule has 1 aliphatic carbocycles. The molecule has 1 unspecified atom stereocenters. The predicted octanol–water partition coefficient (Wildman–Crippen LogP) is 1.44. The third-order valence-corrected chi connectivity index (χ3v) is 2.27. The van der Waals surface area contributed by atoms with Gasteiger partial charge in [-0.05, 0) is 26.3 Å². The number of hydrogen-bond donors (Lipinski definition) is 2. The molecule has 14 heavy (non-hydrogen) atoms. The molecule has 0 spiro atoms. The van der Waals surface area contributed by atoms with Crippen molar-refractivity contribution in [2.75, 3.05) is 0 Å². The van der Waals surface area contributed by atoms with Crippen LogP contribution in [0.15, 0.2) is 23.3 Å². The summed E-state index contributed by atoms with van der Waals surface area (Å²) in [6.07, 6.45) is 3.13. The monoisotopic (exact) mass is 196 g/mol. The predicted molar refractivity (Wildman–Crippen MR) is 49.8 cm³/mol. The van der Waals surface area contributed by atoms with Crippen molar-refractivity contribution in [2.24, 2.45) is 5.41 Å². The lowest BCUT2D eigenvalue weighted by Crippen LogP contribution is -2.29. The Morgan fingerprint density at radius 3 is 2.43 bits per heavy atom. The van der Waals surface area contributed by atoms with Crippen molar-refractivity contribution < 1.29 is 19.8 Å². The molecular weight excluding hydrogens is 184 g/mol. The van der Waals surface area contributed by atoms with Crippen LogP contribution >= 0.6 is 0 Å². The highest BCUT2D eigenvalue weighted by molar-refractivity contribution is 5.90. The van der Waals surface area contributed by atoms with Crippen molar-refractivity contribution in [3.8, 4) is 0 Å². The molecule has 1 rings (SSSR count). The van der Waals surface area contributed by atoms with Crippen LogP contribution in [0.1, 0.15) is 20.3 Å². The normalized spacial score (nSPS) is 26.4. The van der Waals surface area contributed by atoms with Crippen LogP contribution in [0.5, 0.6) is 0 Å². The standard InChI is InChI=1S/C10H12O4/c1-6-3-7(8(11)12)5-10(2,4-6)9(13)14/h3-4H,5H2,1-2H3,(H,11,12)(H,13,14). The summed E-state index contributed by atoms with van der Waals surface area (Å²) in [6.45, 7) is 3.22. The smallest absolute Gasteiger partial charge is 0.331 e. The van der Waals surface area contributed by atoms with Gasteiger partial charge in [-0.1, -0.05) is 11.6 Å². The highest BCUT2D eigenvalue weighted by atomic mass is 16.4. The average Bonchev–Trinajstić information content (AvgIpc) is 2.02. The zero-order valence-electron chi connectivity index (χ0n) is 8.07. The van der Waals surface area contributed by atoms with Gasteiger partial charge in [-0.15, -0.1) is 0 Å². The molecule has 4 heteroatoms. The molecule has 1 atom stereocenters. The fraction of sp³-hybridized carbons (Fsp3) is 0.400. The molecule has 0 bridgehead atoms. The van der Waals surface area contributed by atoms with Gasteiger partial charge in [-0.2, -0.15) is 0 Å². The maximum Gasteiger partial charge on any atom is 0.331 e. The van der Waals surface area contributed by atoms with Crippen molar-refractivity contribution in [1.29, 1.82) is 0 Å². The van der Waals surface area contributed by atoms with Gasteiger partial charge in [-0.25, -0.2) is 4.79 Å². The van der Waals surface area contributed by atoms with Crippen molar-refractivity contribution in [3.05, 3.63) is 23.3 Å².